The molecule has 3 rings (SSSR count). The van der Waals surface area contributed by atoms with Crippen LogP contribution in [0.5, 0.6) is 0 Å². The second kappa shape index (κ2) is 4.46. The molecule has 4 heteroatoms. The minimum absolute atomic E-state index is 0.0198. The van der Waals surface area contributed by atoms with Gasteiger partial charge >= 0.3 is 0 Å². The van der Waals surface area contributed by atoms with Crippen LogP contribution in [-0.4, -0.2) is 35.1 Å². The molecule has 1 amide bonds. The molecule has 1 saturated heterocycles. The minimum Gasteiger partial charge on any atom is -0.451 e. The van der Waals surface area contributed by atoms with Gasteiger partial charge in [0.1, 0.15) is 5.58 Å². The highest BCUT2D eigenvalue weighted by atomic mass is 16.3. The molecule has 1 aromatic carbocycles. The van der Waals surface area contributed by atoms with E-state index in [-0.39, 0.29) is 18.6 Å². The Morgan fingerprint density at radius 3 is 3.06 bits per heavy atom. The Hall–Kier alpha value is -1.81. The van der Waals surface area contributed by atoms with E-state index in [9.17, 15) is 9.90 Å². The molecule has 0 radical (unpaired) electrons. The van der Waals surface area contributed by atoms with Gasteiger partial charge in [-0.3, -0.25) is 4.79 Å². The van der Waals surface area contributed by atoms with Gasteiger partial charge in [-0.2, -0.15) is 0 Å². The van der Waals surface area contributed by atoms with Crippen molar-refractivity contribution in [3.63, 3.8) is 0 Å². The van der Waals surface area contributed by atoms with Gasteiger partial charge in [-0.15, -0.1) is 0 Å². The molecule has 0 bridgehead atoms. The Bertz CT molecular complexity index is 542. The van der Waals surface area contributed by atoms with Gasteiger partial charge in [-0.1, -0.05) is 18.2 Å². The van der Waals surface area contributed by atoms with Crippen molar-refractivity contribution in [1.29, 1.82) is 0 Å². The molecular formula is C14H15NO3. The molecule has 2 heterocycles. The Balaban J connectivity index is 1.91. The number of hydrogen-bond donors (Lipinski definition) is 1. The van der Waals surface area contributed by atoms with Gasteiger partial charge in [-0.25, -0.2) is 0 Å². The van der Waals surface area contributed by atoms with Crippen molar-refractivity contribution in [1.82, 2.24) is 4.90 Å². The molecule has 1 aliphatic rings. The Morgan fingerprint density at radius 2 is 2.28 bits per heavy atom. The number of carbonyl (C=O) groups is 1. The summed E-state index contributed by atoms with van der Waals surface area (Å²) in [5.41, 5.74) is 0.723. The fraction of sp³-hybridized carbons (Fsp3) is 0.357. The highest BCUT2D eigenvalue weighted by Gasteiger charge is 2.30. The number of furan rings is 1. The number of carbonyl (C=O) groups excluding carboxylic acids is 1. The summed E-state index contributed by atoms with van der Waals surface area (Å²) in [7, 11) is 0. The van der Waals surface area contributed by atoms with Gasteiger partial charge in [0.25, 0.3) is 5.91 Å². The Labute approximate surface area is 105 Å². The maximum atomic E-state index is 12.3. The number of benzene rings is 1. The fourth-order valence-corrected chi connectivity index (χ4v) is 2.52. The highest BCUT2D eigenvalue weighted by molar-refractivity contribution is 5.96. The van der Waals surface area contributed by atoms with Crippen molar-refractivity contribution in [3.05, 3.63) is 36.1 Å². The summed E-state index contributed by atoms with van der Waals surface area (Å²) in [4.78, 5) is 14.0. The molecule has 18 heavy (non-hydrogen) atoms. The number of hydrogen-bond acceptors (Lipinski definition) is 3. The molecule has 0 aliphatic carbocycles. The average Bonchev–Trinajstić information content (AvgIpc) is 3.03. The maximum absolute atomic E-state index is 12.3. The van der Waals surface area contributed by atoms with Crippen molar-refractivity contribution < 1.29 is 14.3 Å². The molecule has 0 spiro atoms. The van der Waals surface area contributed by atoms with Crippen LogP contribution < -0.4 is 0 Å². The summed E-state index contributed by atoms with van der Waals surface area (Å²) in [5.74, 6) is 0.235. The van der Waals surface area contributed by atoms with Gasteiger partial charge in [0.15, 0.2) is 5.76 Å². The summed E-state index contributed by atoms with van der Waals surface area (Å²) in [6, 6.07) is 9.27. The predicted octanol–water partition coefficient (Wildman–Crippen LogP) is 2.03. The van der Waals surface area contributed by atoms with Crippen LogP contribution in [0.25, 0.3) is 11.0 Å². The maximum Gasteiger partial charge on any atom is 0.289 e. The van der Waals surface area contributed by atoms with Gasteiger partial charge in [0.05, 0.1) is 12.6 Å². The Kier molecular flexibility index (Phi) is 2.80. The predicted molar refractivity (Wildman–Crippen MR) is 67.4 cm³/mol. The monoisotopic (exact) mass is 245 g/mol. The first-order valence-electron chi connectivity index (χ1n) is 6.20. The molecule has 4 nitrogen and oxygen atoms in total. The van der Waals surface area contributed by atoms with Crippen molar-refractivity contribution in [3.8, 4) is 0 Å². The molecular weight excluding hydrogens is 230 g/mol. The van der Waals surface area contributed by atoms with Crippen molar-refractivity contribution in [2.24, 2.45) is 0 Å². The van der Waals surface area contributed by atoms with Crippen LogP contribution in [0, 0.1) is 0 Å². The van der Waals surface area contributed by atoms with Gasteiger partial charge in [0.2, 0.25) is 0 Å². The lowest BCUT2D eigenvalue weighted by molar-refractivity contribution is 0.0648. The number of aliphatic hydroxyl groups excluding tert-OH is 1. The highest BCUT2D eigenvalue weighted by Crippen LogP contribution is 2.24. The standard InChI is InChI=1S/C14H15NO3/c16-9-11-5-3-7-15(11)14(17)13-8-10-4-1-2-6-12(10)18-13/h1-2,4,6,8,11,16H,3,5,7,9H2. The zero-order chi connectivity index (χ0) is 12.5. The topological polar surface area (TPSA) is 53.7 Å². The average molecular weight is 245 g/mol. The van der Waals surface area contributed by atoms with Crippen molar-refractivity contribution in [2.45, 2.75) is 18.9 Å². The summed E-state index contributed by atoms with van der Waals surface area (Å²) in [6.45, 7) is 0.715. The summed E-state index contributed by atoms with van der Waals surface area (Å²) in [5, 5.41) is 10.2. The quantitative estimate of drug-likeness (QED) is 0.880. The second-order valence-corrected chi connectivity index (χ2v) is 4.63. The molecule has 94 valence electrons. The van der Waals surface area contributed by atoms with Crippen molar-refractivity contribution in [2.75, 3.05) is 13.2 Å². The minimum atomic E-state index is -0.122. The van der Waals surface area contributed by atoms with Crippen LogP contribution >= 0.6 is 0 Å². The van der Waals surface area contributed by atoms with Gasteiger partial charge < -0.3 is 14.4 Å². The lowest BCUT2D eigenvalue weighted by Gasteiger charge is -2.21. The summed E-state index contributed by atoms with van der Waals surface area (Å²) >= 11 is 0. The van der Waals surface area contributed by atoms with Crippen molar-refractivity contribution >= 4 is 16.9 Å². The molecule has 2 aromatic rings. The first kappa shape index (κ1) is 11.3. The van der Waals surface area contributed by atoms with E-state index in [0.29, 0.717) is 12.3 Å². The molecule has 1 atom stereocenters. The van der Waals surface area contributed by atoms with E-state index in [4.69, 9.17) is 4.42 Å². The van der Waals surface area contributed by atoms with E-state index < -0.39 is 0 Å². The number of likely N-dealkylation sites (tertiary alicyclic amines) is 1. The van der Waals surface area contributed by atoms with E-state index in [1.165, 1.54) is 0 Å². The molecule has 0 saturated carbocycles. The van der Waals surface area contributed by atoms with E-state index in [1.54, 1.807) is 11.0 Å². The Morgan fingerprint density at radius 1 is 1.44 bits per heavy atom. The SMILES string of the molecule is O=C(c1cc2ccccc2o1)N1CCCC1CO. The summed E-state index contributed by atoms with van der Waals surface area (Å²) in [6.07, 6.45) is 1.81. The van der Waals surface area contributed by atoms with Crippen LogP contribution in [0.4, 0.5) is 0 Å². The van der Waals surface area contributed by atoms with E-state index in [2.05, 4.69) is 0 Å². The van der Waals surface area contributed by atoms with Crippen LogP contribution in [0.2, 0.25) is 0 Å². The smallest absolute Gasteiger partial charge is 0.289 e. The molecule has 1 aliphatic heterocycles. The zero-order valence-corrected chi connectivity index (χ0v) is 10.0. The lowest BCUT2D eigenvalue weighted by Crippen LogP contribution is -2.37. The molecule has 1 unspecified atom stereocenters. The van der Waals surface area contributed by atoms with E-state index in [1.807, 2.05) is 24.3 Å². The van der Waals surface area contributed by atoms with E-state index in [0.717, 1.165) is 23.8 Å². The van der Waals surface area contributed by atoms with Crippen LogP contribution in [0.3, 0.4) is 0 Å². The third kappa shape index (κ3) is 1.78. The first-order chi connectivity index (χ1) is 8.79. The third-order valence-electron chi connectivity index (χ3n) is 3.49. The van der Waals surface area contributed by atoms with E-state index >= 15 is 0 Å². The van der Waals surface area contributed by atoms with Crippen LogP contribution in [-0.2, 0) is 0 Å². The number of nitrogens with zero attached hydrogens (tertiary/aromatic N) is 1. The fourth-order valence-electron chi connectivity index (χ4n) is 2.52. The van der Waals surface area contributed by atoms with Gasteiger partial charge in [0, 0.05) is 11.9 Å². The third-order valence-corrected chi connectivity index (χ3v) is 3.49. The molecule has 1 fully saturated rings. The first-order valence-corrected chi connectivity index (χ1v) is 6.20. The van der Waals surface area contributed by atoms with Crippen LogP contribution in [0.1, 0.15) is 23.4 Å². The largest absolute Gasteiger partial charge is 0.451 e. The second-order valence-electron chi connectivity index (χ2n) is 4.63. The molecule has 1 N–H and O–H groups in total. The summed E-state index contributed by atoms with van der Waals surface area (Å²) < 4.78 is 5.56. The molecule has 1 aromatic heterocycles. The lowest BCUT2D eigenvalue weighted by atomic mass is 10.2. The number of amides is 1. The number of para-hydroxylation sites is 1. The number of rotatable bonds is 2. The van der Waals surface area contributed by atoms with Gasteiger partial charge in [-0.05, 0) is 25.0 Å². The van der Waals surface area contributed by atoms with Crippen LogP contribution in [0.15, 0.2) is 34.7 Å². The normalized spacial score (nSPS) is 19.6. The number of fused-ring (bicyclic) bond motifs is 1. The number of aliphatic hydroxyl groups is 1. The zero-order valence-electron chi connectivity index (χ0n) is 10.0.